The molecule has 1 aliphatic carbocycles. The first kappa shape index (κ1) is 13.5. The molecule has 0 spiro atoms. The second-order valence-electron chi connectivity index (χ2n) is 4.66. The zero-order valence-electron chi connectivity index (χ0n) is 10.1. The summed E-state index contributed by atoms with van der Waals surface area (Å²) in [6.45, 7) is 1.90. The van der Waals surface area contributed by atoms with Crippen LogP contribution in [0.1, 0.15) is 26.2 Å². The first-order valence-corrected chi connectivity index (χ1v) is 6.71. The Morgan fingerprint density at radius 2 is 1.83 bits per heavy atom. The van der Waals surface area contributed by atoms with E-state index in [-0.39, 0.29) is 12.8 Å². The van der Waals surface area contributed by atoms with Crippen LogP contribution in [-0.4, -0.2) is 10.9 Å². The number of allylic oxidation sites excluding steroid dienone is 2. The summed E-state index contributed by atoms with van der Waals surface area (Å²) in [6.07, 6.45) is -1.68. The summed E-state index contributed by atoms with van der Waals surface area (Å²) in [5, 5.41) is 0. The summed E-state index contributed by atoms with van der Waals surface area (Å²) < 4.78 is 38.4. The maximum Gasteiger partial charge on any atom is 0.403 e. The summed E-state index contributed by atoms with van der Waals surface area (Å²) in [7, 11) is 0. The van der Waals surface area contributed by atoms with Gasteiger partial charge < -0.3 is 0 Å². The maximum absolute atomic E-state index is 13.4. The summed E-state index contributed by atoms with van der Waals surface area (Å²) in [6, 6.07) is 8.84. The average molecular weight is 272 g/mol. The second kappa shape index (κ2) is 5.00. The van der Waals surface area contributed by atoms with Gasteiger partial charge in [-0.25, -0.2) is 0 Å². The van der Waals surface area contributed by atoms with Gasteiger partial charge in [0.1, 0.15) is 4.75 Å². The molecule has 0 bridgehead atoms. The summed E-state index contributed by atoms with van der Waals surface area (Å²) >= 11 is 0.951. The van der Waals surface area contributed by atoms with Gasteiger partial charge in [-0.15, -0.1) is 11.8 Å². The first-order chi connectivity index (χ1) is 8.43. The van der Waals surface area contributed by atoms with Crippen molar-refractivity contribution in [3.8, 4) is 0 Å². The normalized spacial score (nSPS) is 24.8. The Labute approximate surface area is 109 Å². The van der Waals surface area contributed by atoms with E-state index in [9.17, 15) is 13.2 Å². The Hall–Kier alpha value is -0.900. The number of hydrogen-bond donors (Lipinski definition) is 0. The van der Waals surface area contributed by atoms with Gasteiger partial charge in [0.2, 0.25) is 0 Å². The fourth-order valence-corrected chi connectivity index (χ4v) is 3.30. The molecule has 0 radical (unpaired) electrons. The number of benzene rings is 1. The van der Waals surface area contributed by atoms with Crippen molar-refractivity contribution in [2.45, 2.75) is 42.0 Å². The van der Waals surface area contributed by atoms with Gasteiger partial charge in [-0.1, -0.05) is 29.8 Å². The topological polar surface area (TPSA) is 0 Å². The highest BCUT2D eigenvalue weighted by Crippen LogP contribution is 2.52. The van der Waals surface area contributed by atoms with Crippen molar-refractivity contribution in [3.05, 3.63) is 42.0 Å². The minimum absolute atomic E-state index is 0.0713. The van der Waals surface area contributed by atoms with Crippen LogP contribution in [0.5, 0.6) is 0 Å². The van der Waals surface area contributed by atoms with E-state index in [1.165, 1.54) is 0 Å². The molecule has 18 heavy (non-hydrogen) atoms. The van der Waals surface area contributed by atoms with Gasteiger partial charge in [0, 0.05) is 4.90 Å². The summed E-state index contributed by atoms with van der Waals surface area (Å²) in [5.41, 5.74) is 1.06. The van der Waals surface area contributed by atoms with Gasteiger partial charge in [0.25, 0.3) is 0 Å². The van der Waals surface area contributed by atoms with Crippen LogP contribution < -0.4 is 0 Å². The maximum atomic E-state index is 13.4. The molecule has 0 aromatic heterocycles. The fourth-order valence-electron chi connectivity index (χ4n) is 2.06. The quantitative estimate of drug-likeness (QED) is 0.666. The number of hydrogen-bond acceptors (Lipinski definition) is 1. The van der Waals surface area contributed by atoms with Crippen molar-refractivity contribution in [2.24, 2.45) is 0 Å². The summed E-state index contributed by atoms with van der Waals surface area (Å²) in [4.78, 5) is 0.683. The van der Waals surface area contributed by atoms with Gasteiger partial charge in [-0.05, 0) is 38.3 Å². The smallest absolute Gasteiger partial charge is 0.169 e. The lowest BCUT2D eigenvalue weighted by Crippen LogP contribution is -2.43. The van der Waals surface area contributed by atoms with Gasteiger partial charge in [0.05, 0.1) is 0 Å². The molecule has 1 aliphatic rings. The SMILES string of the molecule is CC1=CC[C@](Sc2ccccc2)(C(F)(F)F)CC1. The Kier molecular flexibility index (Phi) is 3.76. The highest BCUT2D eigenvalue weighted by Gasteiger charge is 2.55. The molecule has 0 unspecified atom stereocenters. The van der Waals surface area contributed by atoms with Crippen LogP contribution in [0.4, 0.5) is 13.2 Å². The molecule has 0 heterocycles. The molecule has 0 fully saturated rings. The van der Waals surface area contributed by atoms with Crippen LogP contribution in [0.25, 0.3) is 0 Å². The number of halogens is 3. The Bertz CT molecular complexity index is 436. The minimum atomic E-state index is -4.18. The molecule has 1 atom stereocenters. The van der Waals surface area contributed by atoms with Crippen molar-refractivity contribution in [2.75, 3.05) is 0 Å². The lowest BCUT2D eigenvalue weighted by molar-refractivity contribution is -0.161. The van der Waals surface area contributed by atoms with E-state index in [2.05, 4.69) is 0 Å². The van der Waals surface area contributed by atoms with Gasteiger partial charge in [0.15, 0.2) is 0 Å². The van der Waals surface area contributed by atoms with E-state index in [1.54, 1.807) is 30.3 Å². The third kappa shape index (κ3) is 2.74. The summed E-state index contributed by atoms with van der Waals surface area (Å²) in [5.74, 6) is 0. The fraction of sp³-hybridized carbons (Fsp3) is 0.429. The van der Waals surface area contributed by atoms with E-state index < -0.39 is 10.9 Å². The molecule has 0 N–H and O–H groups in total. The third-order valence-corrected chi connectivity index (χ3v) is 4.78. The molecule has 1 aromatic rings. The van der Waals surface area contributed by atoms with E-state index in [4.69, 9.17) is 0 Å². The van der Waals surface area contributed by atoms with Crippen molar-refractivity contribution in [3.63, 3.8) is 0 Å². The minimum Gasteiger partial charge on any atom is -0.169 e. The van der Waals surface area contributed by atoms with Gasteiger partial charge >= 0.3 is 6.18 Å². The van der Waals surface area contributed by atoms with Gasteiger partial charge in [-0.3, -0.25) is 0 Å². The van der Waals surface area contributed by atoms with Crippen LogP contribution in [-0.2, 0) is 0 Å². The Balaban J connectivity index is 2.27. The molecular weight excluding hydrogens is 257 g/mol. The molecule has 0 nitrogen and oxygen atoms in total. The van der Waals surface area contributed by atoms with Crippen molar-refractivity contribution >= 4 is 11.8 Å². The van der Waals surface area contributed by atoms with Crippen LogP contribution in [0.15, 0.2) is 46.9 Å². The monoisotopic (exact) mass is 272 g/mol. The van der Waals surface area contributed by atoms with E-state index >= 15 is 0 Å². The van der Waals surface area contributed by atoms with Crippen LogP contribution >= 0.6 is 11.8 Å². The molecule has 0 saturated heterocycles. The average Bonchev–Trinajstić information content (AvgIpc) is 2.32. The Morgan fingerprint density at radius 3 is 2.33 bits per heavy atom. The third-order valence-electron chi connectivity index (χ3n) is 3.28. The number of rotatable bonds is 2. The highest BCUT2D eigenvalue weighted by molar-refractivity contribution is 8.00. The van der Waals surface area contributed by atoms with Gasteiger partial charge in [-0.2, -0.15) is 13.2 Å². The van der Waals surface area contributed by atoms with Crippen LogP contribution in [0, 0.1) is 0 Å². The van der Waals surface area contributed by atoms with Crippen molar-refractivity contribution in [1.29, 1.82) is 0 Å². The van der Waals surface area contributed by atoms with E-state index in [0.717, 1.165) is 17.3 Å². The Morgan fingerprint density at radius 1 is 1.17 bits per heavy atom. The molecule has 4 heteroatoms. The molecule has 0 saturated carbocycles. The highest BCUT2D eigenvalue weighted by atomic mass is 32.2. The molecule has 1 aromatic carbocycles. The van der Waals surface area contributed by atoms with Crippen LogP contribution in [0.3, 0.4) is 0 Å². The molecule has 0 amide bonds. The van der Waals surface area contributed by atoms with E-state index in [1.807, 2.05) is 13.0 Å². The zero-order chi connectivity index (χ0) is 13.2. The van der Waals surface area contributed by atoms with Crippen molar-refractivity contribution in [1.82, 2.24) is 0 Å². The van der Waals surface area contributed by atoms with Crippen LogP contribution in [0.2, 0.25) is 0 Å². The predicted octanol–water partition coefficient (Wildman–Crippen LogP) is 5.21. The lowest BCUT2D eigenvalue weighted by atomic mass is 9.89. The lowest BCUT2D eigenvalue weighted by Gasteiger charge is -2.37. The molecule has 2 rings (SSSR count). The standard InChI is InChI=1S/C14H15F3S/c1-11-7-9-13(10-8-11,14(15,16)17)18-12-5-3-2-4-6-12/h2-7H,8-10H2,1H3/t13-/m1/s1. The molecule has 0 aliphatic heterocycles. The second-order valence-corrected chi connectivity index (χ2v) is 6.12. The number of thioether (sulfide) groups is 1. The molecule has 98 valence electrons. The van der Waals surface area contributed by atoms with Crippen molar-refractivity contribution < 1.29 is 13.2 Å². The first-order valence-electron chi connectivity index (χ1n) is 5.89. The number of alkyl halides is 3. The largest absolute Gasteiger partial charge is 0.403 e. The predicted molar refractivity (Wildman–Crippen MR) is 68.7 cm³/mol. The van der Waals surface area contributed by atoms with E-state index in [0.29, 0.717) is 11.3 Å². The zero-order valence-corrected chi connectivity index (χ0v) is 10.9. The molecular formula is C14H15F3S.